The minimum atomic E-state index is -0.680. The highest BCUT2D eigenvalue weighted by molar-refractivity contribution is 5.97. The van der Waals surface area contributed by atoms with Crippen molar-refractivity contribution in [1.29, 1.82) is 0 Å². The van der Waals surface area contributed by atoms with Crippen molar-refractivity contribution in [2.24, 2.45) is 17.8 Å². The van der Waals surface area contributed by atoms with Gasteiger partial charge in [-0.2, -0.15) is 0 Å². The molecule has 0 unspecified atom stereocenters. The van der Waals surface area contributed by atoms with Gasteiger partial charge in [-0.05, 0) is 42.2 Å². The maximum atomic E-state index is 14.0. The average Bonchev–Trinajstić information content (AvgIpc) is 3.59. The predicted molar refractivity (Wildman–Crippen MR) is 159 cm³/mol. The molecule has 5 rings (SSSR count). The first kappa shape index (κ1) is 29.1. The largest absolute Gasteiger partial charge is 0.381 e. The normalized spacial score (nSPS) is 20.4. The molecule has 1 aromatic heterocycles. The van der Waals surface area contributed by atoms with Crippen LogP contribution >= 0.6 is 0 Å². The summed E-state index contributed by atoms with van der Waals surface area (Å²) in [6.45, 7) is 5.47. The quantitative estimate of drug-likeness (QED) is 0.394. The molecule has 1 saturated carbocycles. The minimum absolute atomic E-state index is 0.00542. The number of benzene rings is 1. The number of amides is 2. The lowest BCUT2D eigenvalue weighted by Crippen LogP contribution is -2.49. The Balaban J connectivity index is 1.28. The molecule has 8 heteroatoms. The summed E-state index contributed by atoms with van der Waals surface area (Å²) in [5.74, 6) is -0.415. The van der Waals surface area contributed by atoms with Crippen LogP contribution in [0, 0.1) is 17.8 Å². The van der Waals surface area contributed by atoms with E-state index in [1.165, 1.54) is 23.6 Å². The fraction of sp³-hybridized carbons (Fsp3) is 0.576. The number of nitrogens with one attached hydrogen (secondary N) is 1. The number of likely N-dealkylation sites (tertiary alicyclic amines) is 1. The average molecular weight is 561 g/mol. The number of nitrogens with zero attached hydrogens (tertiary/aromatic N) is 2. The Kier molecular flexibility index (Phi) is 8.95. The second-order valence-electron chi connectivity index (χ2n) is 12.4. The summed E-state index contributed by atoms with van der Waals surface area (Å²) in [5, 5.41) is 6.51. The highest BCUT2D eigenvalue weighted by Gasteiger charge is 2.41. The third-order valence-electron chi connectivity index (χ3n) is 9.86. The van der Waals surface area contributed by atoms with Crippen LogP contribution in [-0.2, 0) is 15.0 Å². The first-order chi connectivity index (χ1) is 19.8. The van der Waals surface area contributed by atoms with Crippen molar-refractivity contribution >= 4 is 29.5 Å². The van der Waals surface area contributed by atoms with Gasteiger partial charge in [0.15, 0.2) is 11.6 Å². The number of carbonyl (C=O) groups excluding carboxylic acids is 3. The third-order valence-corrected chi connectivity index (χ3v) is 9.86. The van der Waals surface area contributed by atoms with Crippen molar-refractivity contribution in [3.63, 3.8) is 0 Å². The molecule has 3 aliphatic rings. The first-order valence-electron chi connectivity index (χ1n) is 15.4. The Morgan fingerprint density at radius 2 is 1.88 bits per heavy atom. The van der Waals surface area contributed by atoms with Crippen LogP contribution in [0.5, 0.6) is 0 Å². The van der Waals surface area contributed by atoms with E-state index in [0.29, 0.717) is 25.4 Å². The van der Waals surface area contributed by atoms with Gasteiger partial charge in [-0.3, -0.25) is 14.4 Å². The molecule has 41 heavy (non-hydrogen) atoms. The number of allylic oxidation sites excluding steroid dienone is 1. The maximum Gasteiger partial charge on any atom is 0.290 e. The highest BCUT2D eigenvalue weighted by atomic mass is 16.5. The van der Waals surface area contributed by atoms with Crippen molar-refractivity contribution in [2.75, 3.05) is 18.8 Å². The number of carbonyl (C=O) groups is 3. The fourth-order valence-electron chi connectivity index (χ4n) is 7.06. The van der Waals surface area contributed by atoms with Gasteiger partial charge in [0.25, 0.3) is 5.91 Å². The standard InChI is InChI=1S/C33H44N4O4/c1-3-22(2)25(32(40)37-17-15-33(16-18-37)14-13-24-11-7-8-12-26(24)33)20-28(38)27(19-23-9-5-4-6-10-23)35-31(39)29-21-30(34)36-41-29/h7-8,11-14,21-23,25,27H,3-6,9-10,15-20H2,1-2H3,(H2,34,36)(H,35,39)/t22-,25-,27-/m0/s1. The molecule has 0 bridgehead atoms. The van der Waals surface area contributed by atoms with Gasteiger partial charge in [0.05, 0.1) is 6.04 Å². The molecule has 8 nitrogen and oxygen atoms in total. The van der Waals surface area contributed by atoms with Crippen LogP contribution in [0.1, 0.15) is 99.7 Å². The van der Waals surface area contributed by atoms with Crippen LogP contribution in [-0.4, -0.2) is 46.8 Å². The molecule has 1 aliphatic heterocycles. The first-order valence-corrected chi connectivity index (χ1v) is 15.4. The summed E-state index contributed by atoms with van der Waals surface area (Å²) in [6.07, 6.45) is 13.4. The second kappa shape index (κ2) is 12.6. The number of piperidine rings is 1. The number of aromatic nitrogens is 1. The summed E-state index contributed by atoms with van der Waals surface area (Å²) in [6, 6.07) is 9.21. The number of hydrogen-bond acceptors (Lipinski definition) is 6. The molecule has 0 radical (unpaired) electrons. The van der Waals surface area contributed by atoms with Crippen LogP contribution in [0.25, 0.3) is 6.08 Å². The number of anilines is 1. The molecule has 1 spiro atoms. The molecule has 2 aromatic rings. The Labute approximate surface area is 243 Å². The lowest BCUT2D eigenvalue weighted by atomic mass is 9.74. The van der Waals surface area contributed by atoms with Crippen LogP contribution in [0.3, 0.4) is 0 Å². The zero-order valence-electron chi connectivity index (χ0n) is 24.4. The van der Waals surface area contributed by atoms with E-state index in [1.807, 2.05) is 4.90 Å². The number of hydrogen-bond donors (Lipinski definition) is 2. The number of Topliss-reactive ketones (excluding diaryl/α,β-unsaturated/α-hetero) is 1. The Morgan fingerprint density at radius 1 is 1.15 bits per heavy atom. The van der Waals surface area contributed by atoms with Gasteiger partial charge in [0.1, 0.15) is 0 Å². The highest BCUT2D eigenvalue weighted by Crippen LogP contribution is 2.44. The molecule has 1 aromatic carbocycles. The maximum absolute atomic E-state index is 14.0. The molecule has 2 fully saturated rings. The Morgan fingerprint density at radius 3 is 2.56 bits per heavy atom. The van der Waals surface area contributed by atoms with Gasteiger partial charge >= 0.3 is 0 Å². The van der Waals surface area contributed by atoms with E-state index < -0.39 is 17.9 Å². The van der Waals surface area contributed by atoms with Gasteiger partial charge in [0.2, 0.25) is 11.7 Å². The van der Waals surface area contributed by atoms with E-state index in [4.69, 9.17) is 10.3 Å². The lowest BCUT2D eigenvalue weighted by Gasteiger charge is -2.41. The molecule has 2 aliphatic carbocycles. The van der Waals surface area contributed by atoms with Crippen LogP contribution in [0.4, 0.5) is 5.82 Å². The van der Waals surface area contributed by atoms with Gasteiger partial charge in [-0.1, -0.05) is 93.9 Å². The number of nitrogens with two attached hydrogens (primary N) is 1. The lowest BCUT2D eigenvalue weighted by molar-refractivity contribution is -0.141. The molecule has 220 valence electrons. The van der Waals surface area contributed by atoms with E-state index in [0.717, 1.165) is 44.9 Å². The summed E-state index contributed by atoms with van der Waals surface area (Å²) in [7, 11) is 0. The van der Waals surface area contributed by atoms with Gasteiger partial charge in [-0.15, -0.1) is 0 Å². The van der Waals surface area contributed by atoms with E-state index in [-0.39, 0.29) is 41.0 Å². The van der Waals surface area contributed by atoms with Gasteiger partial charge in [0, 0.05) is 36.9 Å². The molecule has 1 saturated heterocycles. The second-order valence-corrected chi connectivity index (χ2v) is 12.4. The van der Waals surface area contributed by atoms with Crippen molar-refractivity contribution < 1.29 is 18.9 Å². The van der Waals surface area contributed by atoms with Crippen molar-refractivity contribution in [3.8, 4) is 0 Å². The van der Waals surface area contributed by atoms with Crippen LogP contribution in [0.15, 0.2) is 40.9 Å². The molecule has 3 N–H and O–H groups in total. The van der Waals surface area contributed by atoms with Crippen LogP contribution in [0.2, 0.25) is 0 Å². The molecule has 2 amide bonds. The fourth-order valence-corrected chi connectivity index (χ4v) is 7.06. The zero-order valence-corrected chi connectivity index (χ0v) is 24.4. The predicted octanol–water partition coefficient (Wildman–Crippen LogP) is 5.53. The summed E-state index contributed by atoms with van der Waals surface area (Å²) < 4.78 is 5.05. The summed E-state index contributed by atoms with van der Waals surface area (Å²) in [5.41, 5.74) is 8.26. The van der Waals surface area contributed by atoms with E-state index in [1.54, 1.807) is 0 Å². The Hall–Kier alpha value is -3.42. The van der Waals surface area contributed by atoms with E-state index >= 15 is 0 Å². The molecule has 3 atom stereocenters. The number of fused-ring (bicyclic) bond motifs is 2. The smallest absolute Gasteiger partial charge is 0.290 e. The van der Waals surface area contributed by atoms with Gasteiger partial charge in [-0.25, -0.2) is 0 Å². The van der Waals surface area contributed by atoms with Crippen molar-refractivity contribution in [1.82, 2.24) is 15.4 Å². The van der Waals surface area contributed by atoms with Crippen LogP contribution < -0.4 is 11.1 Å². The SMILES string of the molecule is CC[C@H](C)[C@H](CC(=O)[C@H](CC1CCCCC1)NC(=O)c1cc(N)no1)C(=O)N1CCC2(C=Cc3ccccc32)CC1. The van der Waals surface area contributed by atoms with E-state index in [9.17, 15) is 14.4 Å². The monoisotopic (exact) mass is 560 g/mol. The van der Waals surface area contributed by atoms with Crippen molar-refractivity contribution in [2.45, 2.75) is 89.5 Å². The number of nitrogen functional groups attached to an aromatic ring is 1. The number of ketones is 1. The molecule has 2 heterocycles. The third kappa shape index (κ3) is 6.41. The number of rotatable bonds is 10. The van der Waals surface area contributed by atoms with E-state index in [2.05, 4.69) is 60.7 Å². The summed E-state index contributed by atoms with van der Waals surface area (Å²) >= 11 is 0. The van der Waals surface area contributed by atoms with Crippen molar-refractivity contribution in [3.05, 3.63) is 53.3 Å². The van der Waals surface area contributed by atoms with Gasteiger partial charge < -0.3 is 20.5 Å². The minimum Gasteiger partial charge on any atom is -0.381 e. The Bertz CT molecular complexity index is 1270. The molecular weight excluding hydrogens is 516 g/mol. The topological polar surface area (TPSA) is 119 Å². The zero-order chi connectivity index (χ0) is 29.0. The summed E-state index contributed by atoms with van der Waals surface area (Å²) in [4.78, 5) is 42.8. The molecular formula is C33H44N4O4.